The molecule has 0 aromatic carbocycles. The van der Waals surface area contributed by atoms with E-state index >= 15 is 0 Å². The van der Waals surface area contributed by atoms with Gasteiger partial charge in [-0.15, -0.1) is 0 Å². The minimum atomic E-state index is -0.717. The van der Waals surface area contributed by atoms with E-state index in [2.05, 4.69) is 15.7 Å². The van der Waals surface area contributed by atoms with E-state index < -0.39 is 11.8 Å². The molecule has 130 valence electrons. The van der Waals surface area contributed by atoms with Crippen LogP contribution in [0.5, 0.6) is 0 Å². The number of amides is 2. The standard InChI is InChI=1S/C16H23N5O3/c1-10-14(11(2)21(5)19-10)18-16(23)15(22)17-9-12(20(3)4)13-7-6-8-24-13/h6-8,12H,9H2,1-5H3,(H,17,22)(H,18,23). The van der Waals surface area contributed by atoms with Crippen LogP contribution in [0.2, 0.25) is 0 Å². The number of nitrogens with zero attached hydrogens (tertiary/aromatic N) is 3. The van der Waals surface area contributed by atoms with Crippen LogP contribution < -0.4 is 10.6 Å². The SMILES string of the molecule is Cc1nn(C)c(C)c1NC(=O)C(=O)NCC(c1ccco1)N(C)C. The molecule has 2 heterocycles. The number of carbonyl (C=O) groups is 2. The van der Waals surface area contributed by atoms with E-state index in [1.165, 1.54) is 0 Å². The second-order valence-electron chi connectivity index (χ2n) is 5.83. The molecule has 0 radical (unpaired) electrons. The molecule has 2 aromatic heterocycles. The van der Waals surface area contributed by atoms with Crippen molar-refractivity contribution in [1.82, 2.24) is 20.0 Å². The summed E-state index contributed by atoms with van der Waals surface area (Å²) in [6.07, 6.45) is 1.58. The molecule has 8 nitrogen and oxygen atoms in total. The van der Waals surface area contributed by atoms with E-state index in [4.69, 9.17) is 4.42 Å². The fraction of sp³-hybridized carbons (Fsp3) is 0.438. The van der Waals surface area contributed by atoms with Crippen LogP contribution in [0, 0.1) is 13.8 Å². The van der Waals surface area contributed by atoms with Gasteiger partial charge < -0.3 is 15.1 Å². The Morgan fingerprint density at radius 3 is 2.54 bits per heavy atom. The molecule has 1 atom stereocenters. The maximum absolute atomic E-state index is 12.1. The molecule has 0 aliphatic heterocycles. The fourth-order valence-electron chi connectivity index (χ4n) is 2.41. The number of carbonyl (C=O) groups excluding carboxylic acids is 2. The Kier molecular flexibility index (Phi) is 5.40. The molecular formula is C16H23N5O3. The minimum Gasteiger partial charge on any atom is -0.468 e. The summed E-state index contributed by atoms with van der Waals surface area (Å²) < 4.78 is 7.03. The number of anilines is 1. The molecular weight excluding hydrogens is 310 g/mol. The lowest BCUT2D eigenvalue weighted by atomic mass is 10.2. The van der Waals surface area contributed by atoms with Crippen LogP contribution in [0.3, 0.4) is 0 Å². The summed E-state index contributed by atoms with van der Waals surface area (Å²) >= 11 is 0. The topological polar surface area (TPSA) is 92.4 Å². The molecule has 24 heavy (non-hydrogen) atoms. The van der Waals surface area contributed by atoms with Crippen molar-refractivity contribution < 1.29 is 14.0 Å². The number of hydrogen-bond acceptors (Lipinski definition) is 5. The lowest BCUT2D eigenvalue weighted by Gasteiger charge is -2.22. The zero-order valence-electron chi connectivity index (χ0n) is 14.6. The van der Waals surface area contributed by atoms with Crippen molar-refractivity contribution in [2.75, 3.05) is 26.0 Å². The number of furan rings is 1. The Morgan fingerprint density at radius 2 is 2.04 bits per heavy atom. The Balaban J connectivity index is 1.97. The van der Waals surface area contributed by atoms with E-state index in [9.17, 15) is 9.59 Å². The molecule has 0 saturated carbocycles. The third-order valence-electron chi connectivity index (χ3n) is 3.90. The largest absolute Gasteiger partial charge is 0.468 e. The molecule has 0 aliphatic carbocycles. The summed E-state index contributed by atoms with van der Waals surface area (Å²) in [6.45, 7) is 3.86. The summed E-state index contributed by atoms with van der Waals surface area (Å²) in [6, 6.07) is 3.46. The Labute approximate surface area is 140 Å². The van der Waals surface area contributed by atoms with Crippen molar-refractivity contribution in [2.45, 2.75) is 19.9 Å². The first kappa shape index (κ1) is 17.7. The summed E-state index contributed by atoms with van der Waals surface area (Å²) in [5, 5.41) is 9.46. The number of aromatic nitrogens is 2. The predicted molar refractivity (Wildman–Crippen MR) is 89.5 cm³/mol. The van der Waals surface area contributed by atoms with Gasteiger partial charge in [0.25, 0.3) is 0 Å². The third kappa shape index (κ3) is 3.83. The van der Waals surface area contributed by atoms with Crippen molar-refractivity contribution >= 4 is 17.5 Å². The maximum Gasteiger partial charge on any atom is 0.313 e. The maximum atomic E-state index is 12.1. The Morgan fingerprint density at radius 1 is 1.33 bits per heavy atom. The predicted octanol–water partition coefficient (Wildman–Crippen LogP) is 0.988. The molecule has 2 N–H and O–H groups in total. The quantitative estimate of drug-likeness (QED) is 0.796. The van der Waals surface area contributed by atoms with Crippen molar-refractivity contribution in [3.05, 3.63) is 35.5 Å². The van der Waals surface area contributed by atoms with Gasteiger partial charge in [-0.25, -0.2) is 0 Å². The van der Waals surface area contributed by atoms with E-state index in [-0.39, 0.29) is 12.6 Å². The van der Waals surface area contributed by atoms with Gasteiger partial charge in [0.05, 0.1) is 29.4 Å². The second-order valence-corrected chi connectivity index (χ2v) is 5.83. The van der Waals surface area contributed by atoms with Crippen LogP contribution >= 0.6 is 0 Å². The second kappa shape index (κ2) is 7.31. The van der Waals surface area contributed by atoms with Crippen LogP contribution in [-0.2, 0) is 16.6 Å². The van der Waals surface area contributed by atoms with Crippen molar-refractivity contribution in [3.8, 4) is 0 Å². The van der Waals surface area contributed by atoms with Crippen LogP contribution in [0.1, 0.15) is 23.2 Å². The highest BCUT2D eigenvalue weighted by Crippen LogP contribution is 2.19. The fourth-order valence-corrected chi connectivity index (χ4v) is 2.41. The van der Waals surface area contributed by atoms with Gasteiger partial charge >= 0.3 is 11.8 Å². The van der Waals surface area contributed by atoms with Gasteiger partial charge in [0.15, 0.2) is 0 Å². The molecule has 0 aliphatic rings. The monoisotopic (exact) mass is 333 g/mol. The van der Waals surface area contributed by atoms with Crippen LogP contribution in [0.25, 0.3) is 0 Å². The molecule has 2 rings (SSSR count). The lowest BCUT2D eigenvalue weighted by molar-refractivity contribution is -0.136. The van der Waals surface area contributed by atoms with E-state index in [0.29, 0.717) is 11.4 Å². The van der Waals surface area contributed by atoms with Crippen molar-refractivity contribution in [3.63, 3.8) is 0 Å². The highest BCUT2D eigenvalue weighted by molar-refractivity contribution is 6.39. The van der Waals surface area contributed by atoms with E-state index in [1.807, 2.05) is 32.0 Å². The van der Waals surface area contributed by atoms with Gasteiger partial charge in [-0.05, 0) is 40.1 Å². The number of hydrogen-bond donors (Lipinski definition) is 2. The zero-order chi connectivity index (χ0) is 17.9. The molecule has 0 bridgehead atoms. The van der Waals surface area contributed by atoms with Gasteiger partial charge in [-0.2, -0.15) is 5.10 Å². The zero-order valence-corrected chi connectivity index (χ0v) is 14.6. The van der Waals surface area contributed by atoms with Crippen molar-refractivity contribution in [2.24, 2.45) is 7.05 Å². The normalized spacial score (nSPS) is 12.2. The number of rotatable bonds is 5. The summed E-state index contributed by atoms with van der Waals surface area (Å²) in [5.74, 6) is -0.693. The number of nitrogens with one attached hydrogen (secondary N) is 2. The van der Waals surface area contributed by atoms with Crippen LogP contribution in [-0.4, -0.2) is 47.1 Å². The highest BCUT2D eigenvalue weighted by atomic mass is 16.3. The Bertz CT molecular complexity index is 718. The summed E-state index contributed by atoms with van der Waals surface area (Å²) in [5.41, 5.74) is 2.01. The first-order valence-corrected chi connectivity index (χ1v) is 7.60. The highest BCUT2D eigenvalue weighted by Gasteiger charge is 2.22. The smallest absolute Gasteiger partial charge is 0.313 e. The first-order chi connectivity index (χ1) is 11.3. The average molecular weight is 333 g/mol. The van der Waals surface area contributed by atoms with Gasteiger partial charge in [0.1, 0.15) is 5.76 Å². The van der Waals surface area contributed by atoms with Gasteiger partial charge in [-0.3, -0.25) is 19.2 Å². The van der Waals surface area contributed by atoms with Crippen LogP contribution in [0.15, 0.2) is 22.8 Å². The van der Waals surface area contributed by atoms with Gasteiger partial charge in [0, 0.05) is 13.6 Å². The minimum absolute atomic E-state index is 0.154. The lowest BCUT2D eigenvalue weighted by Crippen LogP contribution is -2.40. The van der Waals surface area contributed by atoms with Crippen molar-refractivity contribution in [1.29, 1.82) is 0 Å². The van der Waals surface area contributed by atoms with E-state index in [1.54, 1.807) is 31.0 Å². The molecule has 0 spiro atoms. The van der Waals surface area contributed by atoms with Gasteiger partial charge in [0.2, 0.25) is 0 Å². The number of aryl methyl sites for hydroxylation is 2. The summed E-state index contributed by atoms with van der Waals surface area (Å²) in [4.78, 5) is 26.1. The first-order valence-electron chi connectivity index (χ1n) is 7.60. The number of likely N-dealkylation sites (N-methyl/N-ethyl adjacent to an activating group) is 1. The summed E-state index contributed by atoms with van der Waals surface area (Å²) in [7, 11) is 5.53. The molecule has 1 unspecified atom stereocenters. The van der Waals surface area contributed by atoms with Crippen LogP contribution in [0.4, 0.5) is 5.69 Å². The molecule has 2 aromatic rings. The molecule has 8 heteroatoms. The average Bonchev–Trinajstić information content (AvgIpc) is 3.12. The van der Waals surface area contributed by atoms with Gasteiger partial charge in [-0.1, -0.05) is 0 Å². The Hall–Kier alpha value is -2.61. The van der Waals surface area contributed by atoms with E-state index in [0.717, 1.165) is 11.5 Å². The molecule has 0 saturated heterocycles. The third-order valence-corrected chi connectivity index (χ3v) is 3.90. The molecule has 2 amide bonds. The molecule has 0 fully saturated rings.